The molecule has 0 amide bonds. The molecule has 0 aliphatic heterocycles. The number of carboxylic acid groups (broad SMARTS) is 2. The highest BCUT2D eigenvalue weighted by atomic mass is 16.4. The minimum absolute atomic E-state index is 0.0502. The van der Waals surface area contributed by atoms with Gasteiger partial charge in [0.1, 0.15) is 11.6 Å². The van der Waals surface area contributed by atoms with Crippen LogP contribution in [0.2, 0.25) is 0 Å². The molecule has 0 fully saturated rings. The number of azo groups is 1. The summed E-state index contributed by atoms with van der Waals surface area (Å²) in [7, 11) is 2.39. The first-order valence-corrected chi connectivity index (χ1v) is 10.2. The van der Waals surface area contributed by atoms with Gasteiger partial charge in [0.2, 0.25) is 11.6 Å². The van der Waals surface area contributed by atoms with Gasteiger partial charge in [-0.3, -0.25) is 13.9 Å². The van der Waals surface area contributed by atoms with E-state index in [2.05, 4.69) is 15.3 Å². The Balaban J connectivity index is 2.40. The number of benzene rings is 1. The zero-order valence-electron chi connectivity index (χ0n) is 19.8. The molecule has 3 aromatic rings. The minimum Gasteiger partial charge on any atom is -0.493 e. The van der Waals surface area contributed by atoms with Crippen molar-refractivity contribution in [3.8, 4) is 17.6 Å². The first-order chi connectivity index (χ1) is 16.7. The zero-order chi connectivity index (χ0) is 27.1. The van der Waals surface area contributed by atoms with Gasteiger partial charge in [-0.25, -0.2) is 19.1 Å². The summed E-state index contributed by atoms with van der Waals surface area (Å²) in [4.78, 5) is 47.7. The molecule has 2 aromatic heterocycles. The molecule has 14 heteroatoms. The summed E-state index contributed by atoms with van der Waals surface area (Å²) >= 11 is 0. The normalized spacial score (nSPS) is 11.6. The number of nitrogens with zero attached hydrogens (tertiary/aromatic N) is 7. The Kier molecular flexibility index (Phi) is 6.35. The summed E-state index contributed by atoms with van der Waals surface area (Å²) in [5.74, 6) is -3.82. The van der Waals surface area contributed by atoms with Crippen molar-refractivity contribution in [2.24, 2.45) is 24.3 Å². The number of hydrogen-bond donors (Lipinski definition) is 3. The lowest BCUT2D eigenvalue weighted by Crippen LogP contribution is -2.36. The van der Waals surface area contributed by atoms with Gasteiger partial charge in [-0.2, -0.15) is 10.4 Å². The van der Waals surface area contributed by atoms with Crippen LogP contribution < -0.4 is 11.2 Å². The Bertz CT molecular complexity index is 1580. The predicted octanol–water partition coefficient (Wildman–Crippen LogP) is 1.96. The van der Waals surface area contributed by atoms with Crippen LogP contribution >= 0.6 is 0 Å². The lowest BCUT2D eigenvalue weighted by molar-refractivity contribution is 0.0696. The van der Waals surface area contributed by atoms with Crippen molar-refractivity contribution in [3.63, 3.8) is 0 Å². The van der Waals surface area contributed by atoms with Crippen molar-refractivity contribution < 1.29 is 24.9 Å². The van der Waals surface area contributed by atoms with Crippen molar-refractivity contribution in [1.82, 2.24) is 18.9 Å². The first kappa shape index (κ1) is 25.6. The lowest BCUT2D eigenvalue weighted by Gasteiger charge is -2.15. The highest BCUT2D eigenvalue weighted by Crippen LogP contribution is 2.35. The number of rotatable bonds is 5. The van der Waals surface area contributed by atoms with E-state index in [4.69, 9.17) is 0 Å². The van der Waals surface area contributed by atoms with E-state index >= 15 is 0 Å². The second-order valence-electron chi connectivity index (χ2n) is 8.78. The van der Waals surface area contributed by atoms with Gasteiger partial charge < -0.3 is 15.3 Å². The maximum Gasteiger partial charge on any atom is 0.335 e. The van der Waals surface area contributed by atoms with E-state index in [-0.39, 0.29) is 33.9 Å². The van der Waals surface area contributed by atoms with Crippen LogP contribution in [0.4, 0.5) is 11.5 Å². The number of aromatic nitrogens is 4. The van der Waals surface area contributed by atoms with Crippen molar-refractivity contribution >= 4 is 23.4 Å². The Morgan fingerprint density at radius 3 is 2.03 bits per heavy atom. The fraction of sp³-hybridized carbons (Fsp3) is 0.273. The van der Waals surface area contributed by atoms with E-state index < -0.39 is 40.2 Å². The monoisotopic (exact) mass is 495 g/mol. The summed E-state index contributed by atoms with van der Waals surface area (Å²) in [5.41, 5.74) is -3.69. The molecule has 3 N–H and O–H groups in total. The molecule has 14 nitrogen and oxygen atoms in total. The van der Waals surface area contributed by atoms with E-state index in [0.717, 1.165) is 27.4 Å². The van der Waals surface area contributed by atoms with Crippen LogP contribution in [-0.2, 0) is 19.5 Å². The first-order valence-electron chi connectivity index (χ1n) is 10.2. The van der Waals surface area contributed by atoms with Crippen molar-refractivity contribution in [3.05, 3.63) is 61.4 Å². The molecule has 186 valence electrons. The van der Waals surface area contributed by atoms with Crippen molar-refractivity contribution in [2.45, 2.75) is 26.2 Å². The molecule has 36 heavy (non-hydrogen) atoms. The highest BCUT2D eigenvalue weighted by Gasteiger charge is 2.29. The number of nitriles is 1. The summed E-state index contributed by atoms with van der Waals surface area (Å²) in [6.07, 6.45) is 0. The summed E-state index contributed by atoms with van der Waals surface area (Å²) in [6.45, 7) is 5.27. The summed E-state index contributed by atoms with van der Waals surface area (Å²) in [5, 5.41) is 51.2. The maximum absolute atomic E-state index is 12.5. The van der Waals surface area contributed by atoms with Crippen molar-refractivity contribution in [1.29, 1.82) is 5.26 Å². The third kappa shape index (κ3) is 4.37. The molecule has 0 radical (unpaired) electrons. The maximum atomic E-state index is 12.5. The molecule has 2 heterocycles. The number of hydrogen-bond acceptors (Lipinski definition) is 9. The smallest absolute Gasteiger partial charge is 0.335 e. The number of carboxylic acids is 2. The molecule has 0 aliphatic rings. The quantitative estimate of drug-likeness (QED) is 0.442. The minimum atomic E-state index is -1.40. The molecule has 1 aromatic carbocycles. The van der Waals surface area contributed by atoms with Crippen LogP contribution in [0.1, 0.15) is 52.7 Å². The molecule has 0 bridgehead atoms. The van der Waals surface area contributed by atoms with E-state index in [1.165, 1.54) is 14.1 Å². The van der Waals surface area contributed by atoms with Crippen molar-refractivity contribution in [2.75, 3.05) is 0 Å². The van der Waals surface area contributed by atoms with Crippen LogP contribution in [0.25, 0.3) is 5.69 Å². The Hall–Kier alpha value is -5.06. The van der Waals surface area contributed by atoms with Gasteiger partial charge in [-0.15, -0.1) is 10.2 Å². The van der Waals surface area contributed by atoms with Gasteiger partial charge >= 0.3 is 17.6 Å². The van der Waals surface area contributed by atoms with Crippen LogP contribution in [-0.4, -0.2) is 46.2 Å². The van der Waals surface area contributed by atoms with Gasteiger partial charge in [0, 0.05) is 19.5 Å². The standard InChI is InChI=1S/C22H21N7O7/c1-22(2,3)15-13(9-23)16(25-24-14-17(30)27(4)21(36)28(5)18(14)31)29(26-15)12-7-10(19(32)33)6-11(8-12)20(34)35/h6-8,30H,1-5H3,(H,32,33)(H,34,35). The highest BCUT2D eigenvalue weighted by molar-refractivity contribution is 5.94. The summed E-state index contributed by atoms with van der Waals surface area (Å²) < 4.78 is 2.51. The molecule has 0 aliphatic carbocycles. The zero-order valence-corrected chi connectivity index (χ0v) is 19.8. The van der Waals surface area contributed by atoms with Crippen LogP contribution in [0.15, 0.2) is 38.0 Å². The average molecular weight is 495 g/mol. The van der Waals surface area contributed by atoms with Gasteiger partial charge in [0.25, 0.3) is 5.56 Å². The molecular weight excluding hydrogens is 474 g/mol. The lowest BCUT2D eigenvalue weighted by atomic mass is 9.90. The van der Waals surface area contributed by atoms with Gasteiger partial charge in [-0.1, -0.05) is 20.8 Å². The van der Waals surface area contributed by atoms with E-state index in [0.29, 0.717) is 4.57 Å². The predicted molar refractivity (Wildman–Crippen MR) is 124 cm³/mol. The van der Waals surface area contributed by atoms with Crippen LogP contribution in [0.3, 0.4) is 0 Å². The third-order valence-corrected chi connectivity index (χ3v) is 5.19. The van der Waals surface area contributed by atoms with Crippen LogP contribution in [0, 0.1) is 11.3 Å². The SMILES string of the molecule is Cn1c(O)c(N=Nc2c(C#N)c(C(C)(C)C)nn2-c2cc(C(=O)O)cc(C(=O)O)c2)c(=O)n(C)c1=O. The number of aromatic hydroxyl groups is 1. The topological polar surface area (TPSA) is 205 Å². The molecule has 0 saturated carbocycles. The third-order valence-electron chi connectivity index (χ3n) is 5.19. The molecule has 0 spiro atoms. The second-order valence-corrected chi connectivity index (χ2v) is 8.78. The molecule has 3 rings (SSSR count). The summed E-state index contributed by atoms with van der Waals surface area (Å²) in [6, 6.07) is 5.19. The molecule has 0 atom stereocenters. The Morgan fingerprint density at radius 1 is 1.00 bits per heavy atom. The second kappa shape index (κ2) is 8.95. The van der Waals surface area contributed by atoms with Gasteiger partial charge in [0.05, 0.1) is 22.5 Å². The Morgan fingerprint density at radius 2 is 1.56 bits per heavy atom. The fourth-order valence-electron chi connectivity index (χ4n) is 3.29. The van der Waals surface area contributed by atoms with Gasteiger partial charge in [-0.05, 0) is 18.2 Å². The largest absolute Gasteiger partial charge is 0.493 e. The molecule has 0 unspecified atom stereocenters. The van der Waals surface area contributed by atoms with E-state index in [9.17, 15) is 39.8 Å². The fourth-order valence-corrected chi connectivity index (χ4v) is 3.29. The number of carbonyl (C=O) groups is 2. The van der Waals surface area contributed by atoms with E-state index in [1.807, 2.05) is 6.07 Å². The molecular formula is C22H21N7O7. The Labute approximate surface area is 202 Å². The average Bonchev–Trinajstić information content (AvgIpc) is 3.20. The van der Waals surface area contributed by atoms with Crippen LogP contribution in [0.5, 0.6) is 5.88 Å². The van der Waals surface area contributed by atoms with Gasteiger partial charge in [0.15, 0.2) is 5.82 Å². The van der Waals surface area contributed by atoms with E-state index in [1.54, 1.807) is 20.8 Å². The number of aromatic carboxylic acids is 2. The molecule has 0 saturated heterocycles.